The van der Waals surface area contributed by atoms with E-state index in [0.717, 1.165) is 61.0 Å². The van der Waals surface area contributed by atoms with Gasteiger partial charge in [0, 0.05) is 57.5 Å². The standard InChI is InChI=1S/C23H32ClN5OSi/c1-27-9-11-28(12-10-27)19-7-5-18(6-8-19)23-20-15-22(24)25-16-21(20)29(26-23)17-30-13-14-31(2,3)4/h5-8,15-16H,9-14,17H2,1-4H3. The van der Waals surface area contributed by atoms with Crippen LogP contribution in [0.4, 0.5) is 5.69 Å². The van der Waals surface area contributed by atoms with Gasteiger partial charge in [-0.3, -0.25) is 0 Å². The normalized spacial score (nSPS) is 15.7. The summed E-state index contributed by atoms with van der Waals surface area (Å²) >= 11 is 6.22. The maximum Gasteiger partial charge on any atom is 0.140 e. The Kier molecular flexibility index (Phi) is 6.67. The fraction of sp³-hybridized carbons (Fsp3) is 0.478. The van der Waals surface area contributed by atoms with Crippen molar-refractivity contribution in [2.75, 3.05) is 44.7 Å². The van der Waals surface area contributed by atoms with Crippen molar-refractivity contribution in [1.82, 2.24) is 19.7 Å². The SMILES string of the molecule is CN1CCN(c2ccc(-c3nn(COCC[Si](C)(C)C)c4cnc(Cl)cc34)cc2)CC1. The molecule has 0 spiro atoms. The number of ether oxygens (including phenoxy) is 1. The van der Waals surface area contributed by atoms with Crippen LogP contribution in [0, 0.1) is 0 Å². The molecular formula is C23H32ClN5OSi. The first-order chi connectivity index (χ1) is 14.8. The Balaban J connectivity index is 1.56. The van der Waals surface area contributed by atoms with E-state index in [-0.39, 0.29) is 0 Å². The highest BCUT2D eigenvalue weighted by molar-refractivity contribution is 6.76. The smallest absolute Gasteiger partial charge is 0.140 e. The summed E-state index contributed by atoms with van der Waals surface area (Å²) in [5.74, 6) is 0. The van der Waals surface area contributed by atoms with E-state index < -0.39 is 8.07 Å². The molecule has 1 aromatic carbocycles. The zero-order valence-electron chi connectivity index (χ0n) is 18.9. The molecule has 1 aliphatic heterocycles. The van der Waals surface area contributed by atoms with E-state index in [1.54, 1.807) is 6.20 Å². The van der Waals surface area contributed by atoms with Crippen molar-refractivity contribution in [3.05, 3.63) is 41.7 Å². The van der Waals surface area contributed by atoms with Gasteiger partial charge >= 0.3 is 0 Å². The minimum atomic E-state index is -1.12. The van der Waals surface area contributed by atoms with Crippen LogP contribution in [0.3, 0.4) is 0 Å². The highest BCUT2D eigenvalue weighted by Crippen LogP contribution is 2.31. The summed E-state index contributed by atoms with van der Waals surface area (Å²) in [6.07, 6.45) is 1.79. The quantitative estimate of drug-likeness (QED) is 0.289. The third kappa shape index (κ3) is 5.47. The van der Waals surface area contributed by atoms with Crippen LogP contribution in [0.2, 0.25) is 30.8 Å². The van der Waals surface area contributed by atoms with Crippen LogP contribution in [0.25, 0.3) is 22.2 Å². The van der Waals surface area contributed by atoms with Crippen LogP contribution in [0.1, 0.15) is 0 Å². The minimum absolute atomic E-state index is 0.420. The number of nitrogens with zero attached hydrogens (tertiary/aromatic N) is 5. The number of hydrogen-bond donors (Lipinski definition) is 0. The summed E-state index contributed by atoms with van der Waals surface area (Å²) in [5.41, 5.74) is 4.19. The summed E-state index contributed by atoms with van der Waals surface area (Å²) in [7, 11) is 1.06. The summed E-state index contributed by atoms with van der Waals surface area (Å²) in [6, 6.07) is 11.7. The molecule has 0 radical (unpaired) electrons. The second-order valence-corrected chi connectivity index (χ2v) is 15.6. The Bertz CT molecular complexity index is 1020. The van der Waals surface area contributed by atoms with Crippen molar-refractivity contribution in [3.63, 3.8) is 0 Å². The van der Waals surface area contributed by atoms with Crippen LogP contribution in [-0.2, 0) is 11.5 Å². The molecule has 0 aliphatic carbocycles. The molecule has 8 heteroatoms. The Morgan fingerprint density at radius 2 is 1.77 bits per heavy atom. The first kappa shape index (κ1) is 22.3. The summed E-state index contributed by atoms with van der Waals surface area (Å²) < 4.78 is 7.85. The van der Waals surface area contributed by atoms with E-state index in [9.17, 15) is 0 Å². The minimum Gasteiger partial charge on any atom is -0.369 e. The third-order valence-electron chi connectivity index (χ3n) is 5.82. The van der Waals surface area contributed by atoms with Crippen molar-refractivity contribution < 1.29 is 4.74 Å². The molecule has 4 rings (SSSR count). The van der Waals surface area contributed by atoms with Gasteiger partial charge in [-0.2, -0.15) is 5.10 Å². The number of piperazine rings is 1. The van der Waals surface area contributed by atoms with Gasteiger partial charge in [0.1, 0.15) is 17.6 Å². The fourth-order valence-corrected chi connectivity index (χ4v) is 4.70. The van der Waals surface area contributed by atoms with Gasteiger partial charge < -0.3 is 14.5 Å². The number of aromatic nitrogens is 3. The molecule has 0 bridgehead atoms. The summed E-state index contributed by atoms with van der Waals surface area (Å²) in [6.45, 7) is 12.6. The second kappa shape index (κ2) is 9.28. The van der Waals surface area contributed by atoms with Gasteiger partial charge in [-0.1, -0.05) is 43.4 Å². The van der Waals surface area contributed by atoms with Gasteiger partial charge in [0.2, 0.25) is 0 Å². The number of anilines is 1. The molecule has 166 valence electrons. The molecule has 0 amide bonds. The zero-order valence-corrected chi connectivity index (χ0v) is 20.7. The molecule has 0 atom stereocenters. The molecule has 0 saturated carbocycles. The van der Waals surface area contributed by atoms with Crippen molar-refractivity contribution in [2.45, 2.75) is 32.4 Å². The van der Waals surface area contributed by atoms with Crippen molar-refractivity contribution in [2.24, 2.45) is 0 Å². The molecular weight excluding hydrogens is 426 g/mol. The maximum absolute atomic E-state index is 6.22. The van der Waals surface area contributed by atoms with Gasteiger partial charge in [0.15, 0.2) is 0 Å². The third-order valence-corrected chi connectivity index (χ3v) is 7.73. The van der Waals surface area contributed by atoms with E-state index in [2.05, 4.69) is 65.7 Å². The number of halogens is 1. The monoisotopic (exact) mass is 457 g/mol. The number of fused-ring (bicyclic) bond motifs is 1. The fourth-order valence-electron chi connectivity index (χ4n) is 3.78. The molecule has 0 N–H and O–H groups in total. The second-order valence-electron chi connectivity index (χ2n) is 9.56. The molecule has 0 unspecified atom stereocenters. The molecule has 1 saturated heterocycles. The van der Waals surface area contributed by atoms with Gasteiger partial charge in [-0.15, -0.1) is 0 Å². The molecule has 2 aromatic heterocycles. The lowest BCUT2D eigenvalue weighted by molar-refractivity contribution is 0.0818. The predicted molar refractivity (Wildman–Crippen MR) is 132 cm³/mol. The van der Waals surface area contributed by atoms with E-state index >= 15 is 0 Å². The van der Waals surface area contributed by atoms with Crippen LogP contribution in [0.5, 0.6) is 0 Å². The lowest BCUT2D eigenvalue weighted by Gasteiger charge is -2.34. The number of hydrogen-bond acceptors (Lipinski definition) is 5. The topological polar surface area (TPSA) is 46.4 Å². The van der Waals surface area contributed by atoms with Gasteiger partial charge in [0.25, 0.3) is 0 Å². The van der Waals surface area contributed by atoms with Crippen molar-refractivity contribution in [3.8, 4) is 11.3 Å². The lowest BCUT2D eigenvalue weighted by Crippen LogP contribution is -2.44. The summed E-state index contributed by atoms with van der Waals surface area (Å²) in [5, 5.41) is 6.35. The van der Waals surface area contributed by atoms with Gasteiger partial charge in [0.05, 0.1) is 11.7 Å². The van der Waals surface area contributed by atoms with E-state index in [1.165, 1.54) is 5.69 Å². The average Bonchev–Trinajstić information content (AvgIpc) is 3.09. The largest absolute Gasteiger partial charge is 0.369 e. The Labute approximate surface area is 190 Å². The highest BCUT2D eigenvalue weighted by Gasteiger charge is 2.17. The zero-order chi connectivity index (χ0) is 22.0. The van der Waals surface area contributed by atoms with Crippen molar-refractivity contribution in [1.29, 1.82) is 0 Å². The van der Waals surface area contributed by atoms with Crippen LogP contribution in [-0.4, -0.2) is 67.6 Å². The van der Waals surface area contributed by atoms with E-state index in [1.807, 2.05) is 10.7 Å². The first-order valence-corrected chi connectivity index (χ1v) is 15.0. The molecule has 1 aliphatic rings. The Morgan fingerprint density at radius 3 is 2.45 bits per heavy atom. The van der Waals surface area contributed by atoms with E-state index in [0.29, 0.717) is 11.9 Å². The van der Waals surface area contributed by atoms with Crippen molar-refractivity contribution >= 4 is 36.3 Å². The maximum atomic E-state index is 6.22. The van der Waals surface area contributed by atoms with E-state index in [4.69, 9.17) is 21.4 Å². The summed E-state index contributed by atoms with van der Waals surface area (Å²) in [4.78, 5) is 9.08. The van der Waals surface area contributed by atoms with Gasteiger partial charge in [-0.05, 0) is 31.3 Å². The molecule has 6 nitrogen and oxygen atoms in total. The predicted octanol–water partition coefficient (Wildman–Crippen LogP) is 4.82. The first-order valence-electron chi connectivity index (χ1n) is 10.9. The van der Waals surface area contributed by atoms with Crippen LogP contribution < -0.4 is 4.90 Å². The molecule has 1 fully saturated rings. The highest BCUT2D eigenvalue weighted by atomic mass is 35.5. The average molecular weight is 458 g/mol. The molecule has 3 aromatic rings. The number of pyridine rings is 1. The molecule has 3 heterocycles. The number of likely N-dealkylation sites (N-methyl/N-ethyl adjacent to an activating group) is 1. The number of benzene rings is 1. The Morgan fingerprint density at radius 1 is 1.06 bits per heavy atom. The van der Waals surface area contributed by atoms with Gasteiger partial charge in [-0.25, -0.2) is 9.67 Å². The molecule has 31 heavy (non-hydrogen) atoms. The lowest BCUT2D eigenvalue weighted by atomic mass is 10.1. The van der Waals surface area contributed by atoms with Crippen LogP contribution in [0.15, 0.2) is 36.5 Å². The Hall–Kier alpha value is -1.93. The number of rotatable bonds is 7. The van der Waals surface area contributed by atoms with Crippen LogP contribution >= 0.6 is 11.6 Å².